The second-order valence-electron chi connectivity index (χ2n) is 4.21. The molecule has 1 aliphatic heterocycles. The summed E-state index contributed by atoms with van der Waals surface area (Å²) < 4.78 is 0. The number of nitrogens with one attached hydrogen (secondary N) is 2. The van der Waals surface area contributed by atoms with Crippen LogP contribution in [-0.4, -0.2) is 23.5 Å². The summed E-state index contributed by atoms with van der Waals surface area (Å²) in [5.41, 5.74) is 1.09. The van der Waals surface area contributed by atoms with E-state index in [1.165, 1.54) is 0 Å². The summed E-state index contributed by atoms with van der Waals surface area (Å²) in [4.78, 5) is 16.0. The Kier molecular flexibility index (Phi) is 7.91. The number of aryl methyl sites for hydroxylation is 1. The maximum Gasteiger partial charge on any atom is 0.242 e. The molecule has 6 heteroatoms. The van der Waals surface area contributed by atoms with Gasteiger partial charge in [-0.1, -0.05) is 12.5 Å². The van der Waals surface area contributed by atoms with Crippen molar-refractivity contribution in [3.05, 3.63) is 23.9 Å². The van der Waals surface area contributed by atoms with Crippen LogP contribution in [0, 0.1) is 6.92 Å². The van der Waals surface area contributed by atoms with Crippen molar-refractivity contribution in [2.45, 2.75) is 32.2 Å². The van der Waals surface area contributed by atoms with Crippen LogP contribution in [0.2, 0.25) is 0 Å². The molecule has 2 heterocycles. The lowest BCUT2D eigenvalue weighted by Gasteiger charge is -2.22. The van der Waals surface area contributed by atoms with Crippen LogP contribution >= 0.6 is 24.8 Å². The summed E-state index contributed by atoms with van der Waals surface area (Å²) >= 11 is 0. The Morgan fingerprint density at radius 1 is 1.39 bits per heavy atom. The molecule has 1 amide bonds. The minimum Gasteiger partial charge on any atom is -0.309 e. The molecule has 0 aromatic carbocycles. The van der Waals surface area contributed by atoms with Gasteiger partial charge in [0, 0.05) is 6.20 Å². The number of pyridine rings is 1. The topological polar surface area (TPSA) is 54.0 Å². The van der Waals surface area contributed by atoms with Gasteiger partial charge in [0.25, 0.3) is 0 Å². The molecule has 2 rings (SSSR count). The summed E-state index contributed by atoms with van der Waals surface area (Å²) in [6.45, 7) is 2.90. The first kappa shape index (κ1) is 17.2. The molecule has 1 atom stereocenters. The molecule has 1 aromatic heterocycles. The number of nitrogens with zero attached hydrogens (tertiary/aromatic N) is 1. The van der Waals surface area contributed by atoms with Crippen molar-refractivity contribution in [3.8, 4) is 0 Å². The molecule has 0 spiro atoms. The maximum atomic E-state index is 11.8. The van der Waals surface area contributed by atoms with E-state index >= 15 is 0 Å². The highest BCUT2D eigenvalue weighted by molar-refractivity contribution is 5.94. The fourth-order valence-corrected chi connectivity index (χ4v) is 1.83. The first-order valence-electron chi connectivity index (χ1n) is 5.72. The van der Waals surface area contributed by atoms with Gasteiger partial charge in [-0.3, -0.25) is 4.79 Å². The third-order valence-corrected chi connectivity index (χ3v) is 2.79. The van der Waals surface area contributed by atoms with Crippen molar-refractivity contribution >= 4 is 36.5 Å². The SMILES string of the molecule is Cc1ccc(NC(=O)[C@@H]2CCCCN2)nc1.Cl.Cl. The standard InChI is InChI=1S/C12H17N3O.2ClH/c1-9-5-6-11(14-8-9)15-12(16)10-4-2-3-7-13-10;;/h5-6,8,10,13H,2-4,7H2,1H3,(H,14,15,16);2*1H/t10-;;/m0../s1. The lowest BCUT2D eigenvalue weighted by Crippen LogP contribution is -2.43. The molecule has 1 aromatic rings. The van der Waals surface area contributed by atoms with Gasteiger partial charge < -0.3 is 10.6 Å². The van der Waals surface area contributed by atoms with E-state index in [0.29, 0.717) is 5.82 Å². The molecule has 1 aliphatic rings. The number of carbonyl (C=O) groups excluding carboxylic acids is 1. The van der Waals surface area contributed by atoms with E-state index in [1.807, 2.05) is 19.1 Å². The van der Waals surface area contributed by atoms with Gasteiger partial charge in [-0.05, 0) is 37.9 Å². The van der Waals surface area contributed by atoms with E-state index in [2.05, 4.69) is 15.6 Å². The number of anilines is 1. The second-order valence-corrected chi connectivity index (χ2v) is 4.21. The molecule has 0 unspecified atom stereocenters. The average Bonchev–Trinajstić information content (AvgIpc) is 2.33. The highest BCUT2D eigenvalue weighted by atomic mass is 35.5. The van der Waals surface area contributed by atoms with Crippen molar-refractivity contribution in [2.75, 3.05) is 11.9 Å². The average molecular weight is 292 g/mol. The summed E-state index contributed by atoms with van der Waals surface area (Å²) in [7, 11) is 0. The van der Waals surface area contributed by atoms with Gasteiger partial charge >= 0.3 is 0 Å². The van der Waals surface area contributed by atoms with Gasteiger partial charge in [-0.25, -0.2) is 4.98 Å². The van der Waals surface area contributed by atoms with Crippen LogP contribution in [-0.2, 0) is 4.79 Å². The van der Waals surface area contributed by atoms with Crippen molar-refractivity contribution in [2.24, 2.45) is 0 Å². The Bertz CT molecular complexity index is 364. The largest absolute Gasteiger partial charge is 0.309 e. The fourth-order valence-electron chi connectivity index (χ4n) is 1.83. The molecular weight excluding hydrogens is 273 g/mol. The van der Waals surface area contributed by atoms with Gasteiger partial charge in [-0.15, -0.1) is 24.8 Å². The molecule has 18 heavy (non-hydrogen) atoms. The van der Waals surface area contributed by atoms with Crippen LogP contribution in [0.1, 0.15) is 24.8 Å². The first-order chi connectivity index (χ1) is 7.75. The molecule has 0 aliphatic carbocycles. The quantitative estimate of drug-likeness (QED) is 0.879. The van der Waals surface area contributed by atoms with Crippen molar-refractivity contribution < 1.29 is 4.79 Å². The van der Waals surface area contributed by atoms with Crippen LogP contribution in [0.25, 0.3) is 0 Å². The Labute approximate surface area is 120 Å². The van der Waals surface area contributed by atoms with Gasteiger partial charge in [0.2, 0.25) is 5.91 Å². The van der Waals surface area contributed by atoms with Crippen molar-refractivity contribution in [1.29, 1.82) is 0 Å². The zero-order chi connectivity index (χ0) is 11.4. The molecular formula is C12H19Cl2N3O. The number of halogens is 2. The van der Waals surface area contributed by atoms with Crippen LogP contribution in [0.15, 0.2) is 18.3 Å². The van der Waals surface area contributed by atoms with Crippen LogP contribution < -0.4 is 10.6 Å². The van der Waals surface area contributed by atoms with Gasteiger partial charge in [0.15, 0.2) is 0 Å². The second kappa shape index (κ2) is 8.29. The fraction of sp³-hybridized carbons (Fsp3) is 0.500. The van der Waals surface area contributed by atoms with E-state index in [1.54, 1.807) is 6.20 Å². The molecule has 0 bridgehead atoms. The molecule has 4 nitrogen and oxygen atoms in total. The molecule has 2 N–H and O–H groups in total. The number of hydrogen-bond acceptors (Lipinski definition) is 3. The number of amides is 1. The Balaban J connectivity index is 0.00000144. The number of carbonyl (C=O) groups is 1. The van der Waals surface area contributed by atoms with Gasteiger partial charge in [0.1, 0.15) is 5.82 Å². The van der Waals surface area contributed by atoms with Gasteiger partial charge in [-0.2, -0.15) is 0 Å². The van der Waals surface area contributed by atoms with E-state index in [-0.39, 0.29) is 36.8 Å². The number of aromatic nitrogens is 1. The van der Waals surface area contributed by atoms with E-state index in [9.17, 15) is 4.79 Å². The van der Waals surface area contributed by atoms with Crippen LogP contribution in [0.5, 0.6) is 0 Å². The number of rotatable bonds is 2. The summed E-state index contributed by atoms with van der Waals surface area (Å²) in [6.07, 6.45) is 4.95. The van der Waals surface area contributed by atoms with Crippen molar-refractivity contribution in [1.82, 2.24) is 10.3 Å². The van der Waals surface area contributed by atoms with E-state index < -0.39 is 0 Å². The lowest BCUT2D eigenvalue weighted by atomic mass is 10.0. The maximum absolute atomic E-state index is 11.8. The minimum absolute atomic E-state index is 0. The zero-order valence-electron chi connectivity index (χ0n) is 10.3. The number of piperidine rings is 1. The van der Waals surface area contributed by atoms with Crippen LogP contribution in [0.3, 0.4) is 0 Å². The molecule has 1 fully saturated rings. The predicted molar refractivity (Wildman–Crippen MR) is 77.7 cm³/mol. The van der Waals surface area contributed by atoms with Crippen molar-refractivity contribution in [3.63, 3.8) is 0 Å². The smallest absolute Gasteiger partial charge is 0.242 e. The zero-order valence-corrected chi connectivity index (χ0v) is 11.9. The third-order valence-electron chi connectivity index (χ3n) is 2.79. The summed E-state index contributed by atoms with van der Waals surface area (Å²) in [5.74, 6) is 0.652. The lowest BCUT2D eigenvalue weighted by molar-refractivity contribution is -0.118. The predicted octanol–water partition coefficient (Wildman–Crippen LogP) is 2.31. The molecule has 0 saturated carbocycles. The number of hydrogen-bond donors (Lipinski definition) is 2. The van der Waals surface area contributed by atoms with Gasteiger partial charge in [0.05, 0.1) is 6.04 Å². The highest BCUT2D eigenvalue weighted by Crippen LogP contribution is 2.10. The van der Waals surface area contributed by atoms with E-state index in [0.717, 1.165) is 31.4 Å². The Morgan fingerprint density at radius 2 is 2.17 bits per heavy atom. The highest BCUT2D eigenvalue weighted by Gasteiger charge is 2.20. The minimum atomic E-state index is -0.0585. The Morgan fingerprint density at radius 3 is 2.72 bits per heavy atom. The monoisotopic (exact) mass is 291 g/mol. The normalized spacial score (nSPS) is 18.2. The summed E-state index contributed by atoms with van der Waals surface area (Å²) in [6, 6.07) is 3.71. The molecule has 102 valence electrons. The molecule has 1 saturated heterocycles. The summed E-state index contributed by atoms with van der Waals surface area (Å²) in [5, 5.41) is 6.04. The first-order valence-corrected chi connectivity index (χ1v) is 5.72. The molecule has 0 radical (unpaired) electrons. The third kappa shape index (κ3) is 4.80. The Hall–Kier alpha value is -0.840. The van der Waals surface area contributed by atoms with E-state index in [4.69, 9.17) is 0 Å². The van der Waals surface area contributed by atoms with Crippen LogP contribution in [0.4, 0.5) is 5.82 Å².